The molecule has 3 fully saturated rings. The van der Waals surface area contributed by atoms with Crippen LogP contribution in [0.4, 0.5) is 0 Å². The minimum atomic E-state index is -0.997. The second-order valence-electron chi connectivity index (χ2n) is 9.11. The Kier molecular flexibility index (Phi) is 4.14. The Morgan fingerprint density at radius 1 is 1.12 bits per heavy atom. The maximum Gasteiger partial charge on any atom is 0.310 e. The number of hydrogen-bond donors (Lipinski definition) is 2. The summed E-state index contributed by atoms with van der Waals surface area (Å²) >= 11 is 0. The van der Waals surface area contributed by atoms with Gasteiger partial charge in [-0.15, -0.1) is 0 Å². The molecule has 5 heteroatoms. The quantitative estimate of drug-likeness (QED) is 0.807. The summed E-state index contributed by atoms with van der Waals surface area (Å²) in [6, 6.07) is 0. The van der Waals surface area contributed by atoms with E-state index in [1.165, 1.54) is 5.57 Å². The Morgan fingerprint density at radius 2 is 1.88 bits per heavy atom. The predicted octanol–water partition coefficient (Wildman–Crippen LogP) is 2.76. The van der Waals surface area contributed by atoms with Gasteiger partial charge in [0.25, 0.3) is 0 Å². The molecule has 3 saturated carbocycles. The first kappa shape index (κ1) is 17.9. The molecule has 6 atom stereocenters. The van der Waals surface area contributed by atoms with Crippen LogP contribution < -0.4 is 0 Å². The van der Waals surface area contributed by atoms with Crippen LogP contribution >= 0.6 is 0 Å². The fraction of sp³-hybridized carbons (Fsp3) is 0.762. The molecule has 0 spiro atoms. The first-order valence-electron chi connectivity index (χ1n) is 9.95. The van der Waals surface area contributed by atoms with Crippen molar-refractivity contribution >= 4 is 17.5 Å². The number of allylic oxidation sites excluding steroid dienone is 1. The Balaban J connectivity index is 1.71. The van der Waals surface area contributed by atoms with Crippen molar-refractivity contribution < 1.29 is 24.6 Å². The number of aliphatic hydroxyl groups is 1. The van der Waals surface area contributed by atoms with Gasteiger partial charge in [-0.05, 0) is 74.2 Å². The van der Waals surface area contributed by atoms with E-state index < -0.39 is 23.9 Å². The molecule has 0 radical (unpaired) electrons. The van der Waals surface area contributed by atoms with E-state index in [0.29, 0.717) is 31.1 Å². The highest BCUT2D eigenvalue weighted by molar-refractivity contribution is 5.92. The lowest BCUT2D eigenvalue weighted by Gasteiger charge is -2.57. The van der Waals surface area contributed by atoms with Gasteiger partial charge in [-0.1, -0.05) is 12.5 Å². The maximum absolute atomic E-state index is 12.4. The molecular weight excluding hydrogens is 332 g/mol. The van der Waals surface area contributed by atoms with E-state index in [1.54, 1.807) is 0 Å². The van der Waals surface area contributed by atoms with Crippen molar-refractivity contribution in [3.63, 3.8) is 0 Å². The van der Waals surface area contributed by atoms with Crippen LogP contribution in [0.25, 0.3) is 0 Å². The van der Waals surface area contributed by atoms with E-state index in [9.17, 15) is 24.6 Å². The Morgan fingerprint density at radius 3 is 2.58 bits per heavy atom. The fourth-order valence-electron chi connectivity index (χ4n) is 7.21. The number of hydrogen-bond acceptors (Lipinski definition) is 4. The fourth-order valence-corrected chi connectivity index (χ4v) is 7.21. The van der Waals surface area contributed by atoms with Crippen molar-refractivity contribution in [3.8, 4) is 0 Å². The lowest BCUT2D eigenvalue weighted by molar-refractivity contribution is -0.168. The van der Waals surface area contributed by atoms with Gasteiger partial charge < -0.3 is 10.2 Å². The Labute approximate surface area is 153 Å². The van der Waals surface area contributed by atoms with Crippen LogP contribution in [0.15, 0.2) is 11.6 Å². The average Bonchev–Trinajstić information content (AvgIpc) is 3.02. The second-order valence-corrected chi connectivity index (χ2v) is 9.11. The molecule has 0 aromatic rings. The summed E-state index contributed by atoms with van der Waals surface area (Å²) in [6.45, 7) is 1.70. The number of aliphatic hydroxyl groups excluding tert-OH is 1. The van der Waals surface area contributed by atoms with Gasteiger partial charge in [-0.3, -0.25) is 14.4 Å². The third kappa shape index (κ3) is 2.22. The Hall–Kier alpha value is -1.49. The maximum atomic E-state index is 12.4. The van der Waals surface area contributed by atoms with Crippen molar-refractivity contribution in [3.05, 3.63) is 11.6 Å². The van der Waals surface area contributed by atoms with Crippen LogP contribution in [0.3, 0.4) is 0 Å². The minimum Gasteiger partial charge on any atom is -0.481 e. The van der Waals surface area contributed by atoms with Crippen molar-refractivity contribution in [2.75, 3.05) is 6.61 Å². The van der Waals surface area contributed by atoms with E-state index in [-0.39, 0.29) is 22.9 Å². The molecule has 0 aromatic heterocycles. The first-order chi connectivity index (χ1) is 12.3. The van der Waals surface area contributed by atoms with Crippen molar-refractivity contribution in [1.29, 1.82) is 0 Å². The van der Waals surface area contributed by atoms with E-state index in [1.807, 2.05) is 6.08 Å². The van der Waals surface area contributed by atoms with Crippen LogP contribution in [0.5, 0.6) is 0 Å². The minimum absolute atomic E-state index is 0.000560. The summed E-state index contributed by atoms with van der Waals surface area (Å²) in [5.74, 6) is -0.775. The third-order valence-electron chi connectivity index (χ3n) is 8.42. The molecular formula is C21H28O5. The lowest BCUT2D eigenvalue weighted by Crippen LogP contribution is -2.55. The molecule has 6 unspecified atom stereocenters. The molecule has 0 amide bonds. The van der Waals surface area contributed by atoms with Crippen LogP contribution in [0.1, 0.15) is 58.3 Å². The summed E-state index contributed by atoms with van der Waals surface area (Å²) in [7, 11) is 0. The molecule has 0 aliphatic heterocycles. The molecule has 2 N–H and O–H groups in total. The molecule has 4 aliphatic carbocycles. The normalized spacial score (nSPS) is 44.5. The van der Waals surface area contributed by atoms with Crippen molar-refractivity contribution in [2.24, 2.45) is 34.5 Å². The molecule has 0 bridgehead atoms. The standard InChI is InChI=1S/C21H28O5/c1-20-8-6-13(23)10-12(20)2-3-14-15(20)7-9-21(19(25)26)16(14)4-5-17(21)18(24)11-22/h10,14-17,22H,2-9,11H2,1H3,(H,25,26). The smallest absolute Gasteiger partial charge is 0.310 e. The van der Waals surface area contributed by atoms with Gasteiger partial charge in [0.15, 0.2) is 11.6 Å². The van der Waals surface area contributed by atoms with Crippen LogP contribution in [0, 0.1) is 34.5 Å². The average molecular weight is 360 g/mol. The zero-order valence-electron chi connectivity index (χ0n) is 15.4. The van der Waals surface area contributed by atoms with Gasteiger partial charge in [0.2, 0.25) is 0 Å². The number of ketones is 2. The largest absolute Gasteiger partial charge is 0.481 e. The Bertz CT molecular complexity index is 695. The number of carboxylic acid groups (broad SMARTS) is 1. The first-order valence-corrected chi connectivity index (χ1v) is 9.95. The van der Waals surface area contributed by atoms with Gasteiger partial charge >= 0.3 is 5.97 Å². The molecule has 4 aliphatic rings. The highest BCUT2D eigenvalue weighted by atomic mass is 16.4. The number of carboxylic acids is 1. The van der Waals surface area contributed by atoms with Crippen molar-refractivity contribution in [2.45, 2.75) is 58.3 Å². The van der Waals surface area contributed by atoms with Crippen LogP contribution in [-0.2, 0) is 14.4 Å². The second kappa shape index (κ2) is 6.01. The predicted molar refractivity (Wildman–Crippen MR) is 94.3 cm³/mol. The summed E-state index contributed by atoms with van der Waals surface area (Å²) in [6.07, 6.45) is 7.74. The van der Waals surface area contributed by atoms with Gasteiger partial charge in [0, 0.05) is 12.3 Å². The zero-order valence-corrected chi connectivity index (χ0v) is 15.4. The van der Waals surface area contributed by atoms with E-state index in [2.05, 4.69) is 6.92 Å². The summed E-state index contributed by atoms with van der Waals surface area (Å²) in [4.78, 5) is 36.6. The van der Waals surface area contributed by atoms with Crippen LogP contribution in [0.2, 0.25) is 0 Å². The number of carbonyl (C=O) groups excluding carboxylic acids is 2. The summed E-state index contributed by atoms with van der Waals surface area (Å²) < 4.78 is 0. The molecule has 26 heavy (non-hydrogen) atoms. The zero-order chi connectivity index (χ0) is 18.7. The van der Waals surface area contributed by atoms with E-state index in [4.69, 9.17) is 0 Å². The molecule has 0 saturated heterocycles. The lowest BCUT2D eigenvalue weighted by atomic mass is 9.46. The number of carbonyl (C=O) groups is 3. The highest BCUT2D eigenvalue weighted by Gasteiger charge is 2.65. The molecule has 5 nitrogen and oxygen atoms in total. The van der Waals surface area contributed by atoms with Gasteiger partial charge in [0.05, 0.1) is 5.41 Å². The number of Topliss-reactive ketones (excluding diaryl/α,β-unsaturated/α-hetero) is 1. The number of fused-ring (bicyclic) bond motifs is 5. The van der Waals surface area contributed by atoms with Gasteiger partial charge in [-0.25, -0.2) is 0 Å². The third-order valence-corrected chi connectivity index (χ3v) is 8.42. The molecule has 0 aromatic carbocycles. The number of rotatable bonds is 3. The topological polar surface area (TPSA) is 91.7 Å². The molecule has 4 rings (SSSR count). The van der Waals surface area contributed by atoms with Crippen LogP contribution in [-0.4, -0.2) is 34.4 Å². The molecule has 0 heterocycles. The van der Waals surface area contributed by atoms with E-state index in [0.717, 1.165) is 32.1 Å². The summed E-state index contributed by atoms with van der Waals surface area (Å²) in [5.41, 5.74) is 0.266. The summed E-state index contributed by atoms with van der Waals surface area (Å²) in [5, 5.41) is 19.5. The van der Waals surface area contributed by atoms with E-state index >= 15 is 0 Å². The number of aliphatic carboxylic acids is 1. The van der Waals surface area contributed by atoms with Crippen molar-refractivity contribution in [1.82, 2.24) is 0 Å². The monoisotopic (exact) mass is 360 g/mol. The van der Waals surface area contributed by atoms with Gasteiger partial charge in [0.1, 0.15) is 6.61 Å². The SMILES string of the molecule is CC12CCC(=O)C=C1CCC1C2CCC2(C(=O)O)C(C(=O)CO)CCC12. The highest BCUT2D eigenvalue weighted by Crippen LogP contribution is 2.66. The van der Waals surface area contributed by atoms with Gasteiger partial charge in [-0.2, -0.15) is 0 Å². The molecule has 142 valence electrons.